The molecule has 0 saturated carbocycles. The fraction of sp³-hybridized carbons (Fsp3) is 0.300. The molecule has 32 heavy (non-hydrogen) atoms. The van der Waals surface area contributed by atoms with Gasteiger partial charge in [-0.3, -0.25) is 14.3 Å². The Morgan fingerprint density at radius 2 is 1.97 bits per heavy atom. The van der Waals surface area contributed by atoms with E-state index in [1.165, 1.54) is 23.7 Å². The van der Waals surface area contributed by atoms with E-state index in [1.807, 2.05) is 0 Å². The van der Waals surface area contributed by atoms with Gasteiger partial charge in [0.1, 0.15) is 5.69 Å². The minimum atomic E-state index is -4.57. The van der Waals surface area contributed by atoms with Crippen molar-refractivity contribution in [3.63, 3.8) is 0 Å². The van der Waals surface area contributed by atoms with Crippen LogP contribution in [0.15, 0.2) is 35.1 Å². The van der Waals surface area contributed by atoms with Crippen LogP contribution in [0.1, 0.15) is 38.1 Å². The average molecular weight is 448 g/mol. The number of rotatable bonds is 4. The summed E-state index contributed by atoms with van der Waals surface area (Å²) in [5.41, 5.74) is 4.12. The molecule has 0 fully saturated rings. The Labute approximate surface area is 180 Å². The molecule has 0 aliphatic heterocycles. The molecule has 12 heteroatoms. The van der Waals surface area contributed by atoms with Crippen LogP contribution in [0.2, 0.25) is 0 Å². The van der Waals surface area contributed by atoms with E-state index in [2.05, 4.69) is 15.5 Å². The van der Waals surface area contributed by atoms with Gasteiger partial charge >= 0.3 is 6.18 Å². The predicted octanol–water partition coefficient (Wildman–Crippen LogP) is 2.29. The fourth-order valence-corrected chi connectivity index (χ4v) is 3.09. The summed E-state index contributed by atoms with van der Waals surface area (Å²) >= 11 is 0. The van der Waals surface area contributed by atoms with Crippen molar-refractivity contribution in [2.75, 3.05) is 11.1 Å². The third kappa shape index (κ3) is 4.58. The number of aromatic nitrogens is 4. The summed E-state index contributed by atoms with van der Waals surface area (Å²) in [7, 11) is 0. The van der Waals surface area contributed by atoms with Crippen molar-refractivity contribution in [3.8, 4) is 0 Å². The van der Waals surface area contributed by atoms with Gasteiger partial charge in [0.2, 0.25) is 17.2 Å². The number of amides is 1. The Bertz CT molecular complexity index is 1280. The molecule has 2 aromatic heterocycles. The second kappa shape index (κ2) is 8.36. The van der Waals surface area contributed by atoms with Crippen LogP contribution < -0.4 is 21.2 Å². The highest BCUT2D eigenvalue weighted by Crippen LogP contribution is 2.31. The summed E-state index contributed by atoms with van der Waals surface area (Å²) in [6.07, 6.45) is -4.99. The van der Waals surface area contributed by atoms with Crippen molar-refractivity contribution < 1.29 is 22.6 Å². The summed E-state index contributed by atoms with van der Waals surface area (Å²) in [4.78, 5) is 25.4. The molecule has 0 radical (unpaired) electrons. The highest BCUT2D eigenvalue weighted by molar-refractivity contribution is 5.91. The average Bonchev–Trinajstić information content (AvgIpc) is 2.70. The lowest BCUT2D eigenvalue weighted by atomic mass is 10.1. The van der Waals surface area contributed by atoms with Crippen molar-refractivity contribution in [2.24, 2.45) is 0 Å². The lowest BCUT2D eigenvalue weighted by Crippen LogP contribution is -2.47. The standard InChI is InChI=1S/C20H20F3N7O2/c1-10(2)29-15-8-12(20(21,22)23)4-5-13(15)19(32)14(27-29)9-18(31)26-17-7-6-16(25)30(28-17)11(3)24/h4-8,10,24-25H,9H2,1-3H3,(H,26,28,31)/p+1. The third-order valence-electron chi connectivity index (χ3n) is 4.57. The van der Waals surface area contributed by atoms with Crippen LogP contribution in [0, 0.1) is 5.41 Å². The molecule has 1 amide bonds. The molecular formula is C20H21F3N7O2+. The second-order valence-corrected chi connectivity index (χ2v) is 7.41. The fourth-order valence-electron chi connectivity index (χ4n) is 3.09. The molecule has 9 nitrogen and oxygen atoms in total. The van der Waals surface area contributed by atoms with Crippen molar-refractivity contribution in [2.45, 2.75) is 39.4 Å². The van der Waals surface area contributed by atoms with E-state index in [-0.39, 0.29) is 40.1 Å². The molecule has 0 spiro atoms. The molecule has 0 aliphatic rings. The van der Waals surface area contributed by atoms with Gasteiger partial charge in [0, 0.05) is 24.4 Å². The third-order valence-corrected chi connectivity index (χ3v) is 4.57. The van der Waals surface area contributed by atoms with Gasteiger partial charge < -0.3 is 11.1 Å². The SMILES string of the molecule is CC(=N)[n+]1nc(NC(=O)Cc2nn(C(C)C)c3cc(C(F)(F)F)ccc3c2=O)ccc1N. The first-order chi connectivity index (χ1) is 14.9. The summed E-state index contributed by atoms with van der Waals surface area (Å²) in [6, 6.07) is 5.33. The number of carbonyl (C=O) groups is 1. The van der Waals surface area contributed by atoms with E-state index in [1.54, 1.807) is 13.8 Å². The zero-order chi connectivity index (χ0) is 23.8. The van der Waals surface area contributed by atoms with Crippen molar-refractivity contribution >= 4 is 34.3 Å². The summed E-state index contributed by atoms with van der Waals surface area (Å²) in [5, 5.41) is 18.4. The Morgan fingerprint density at radius 3 is 2.56 bits per heavy atom. The summed E-state index contributed by atoms with van der Waals surface area (Å²) < 4.78 is 41.8. The van der Waals surface area contributed by atoms with E-state index >= 15 is 0 Å². The maximum absolute atomic E-state index is 13.1. The normalized spacial score (nSPS) is 11.7. The van der Waals surface area contributed by atoms with Crippen molar-refractivity contribution in [1.29, 1.82) is 5.41 Å². The van der Waals surface area contributed by atoms with Crippen molar-refractivity contribution in [1.82, 2.24) is 14.9 Å². The molecule has 0 unspecified atom stereocenters. The molecule has 0 saturated heterocycles. The molecule has 168 valence electrons. The number of hydrogen-bond acceptors (Lipinski definition) is 6. The van der Waals surface area contributed by atoms with Crippen LogP contribution in [-0.4, -0.2) is 26.6 Å². The molecule has 0 bridgehead atoms. The van der Waals surface area contributed by atoms with E-state index in [9.17, 15) is 22.8 Å². The number of nitrogens with one attached hydrogen (secondary N) is 2. The number of nitrogens with zero attached hydrogens (tertiary/aromatic N) is 4. The minimum Gasteiger partial charge on any atom is -0.317 e. The van der Waals surface area contributed by atoms with E-state index in [0.29, 0.717) is 0 Å². The zero-order valence-corrected chi connectivity index (χ0v) is 17.5. The lowest BCUT2D eigenvalue weighted by molar-refractivity contribution is -0.607. The smallest absolute Gasteiger partial charge is 0.317 e. The van der Waals surface area contributed by atoms with Crippen LogP contribution in [-0.2, 0) is 17.4 Å². The maximum Gasteiger partial charge on any atom is 0.416 e. The zero-order valence-electron chi connectivity index (χ0n) is 17.5. The van der Waals surface area contributed by atoms with Gasteiger partial charge in [0.05, 0.1) is 17.5 Å². The van der Waals surface area contributed by atoms with Gasteiger partial charge in [-0.25, -0.2) is 0 Å². The molecule has 0 atom stereocenters. The number of hydrogen-bond donors (Lipinski definition) is 3. The van der Waals surface area contributed by atoms with Crippen LogP contribution in [0.5, 0.6) is 0 Å². The van der Waals surface area contributed by atoms with Crippen molar-refractivity contribution in [3.05, 3.63) is 51.8 Å². The Hall–Kier alpha value is -3.83. The Morgan fingerprint density at radius 1 is 1.28 bits per heavy atom. The lowest BCUT2D eigenvalue weighted by Gasteiger charge is -2.16. The number of halogens is 3. The van der Waals surface area contributed by atoms with Gasteiger partial charge in [0.15, 0.2) is 5.82 Å². The molecule has 3 aromatic rings. The van der Waals surface area contributed by atoms with Gasteiger partial charge in [-0.2, -0.15) is 23.7 Å². The number of fused-ring (bicyclic) bond motifs is 1. The molecule has 3 rings (SSSR count). The number of alkyl halides is 3. The minimum absolute atomic E-state index is 0.0340. The van der Waals surface area contributed by atoms with Crippen LogP contribution in [0.25, 0.3) is 10.9 Å². The summed E-state index contributed by atoms with van der Waals surface area (Å²) in [6.45, 7) is 4.88. The highest BCUT2D eigenvalue weighted by Gasteiger charge is 2.31. The molecular weight excluding hydrogens is 427 g/mol. The van der Waals surface area contributed by atoms with Gasteiger partial charge in [0.25, 0.3) is 5.84 Å². The molecule has 1 aromatic carbocycles. The molecule has 4 N–H and O–H groups in total. The second-order valence-electron chi connectivity index (χ2n) is 7.41. The number of benzene rings is 1. The monoisotopic (exact) mass is 448 g/mol. The number of nitrogen functional groups attached to an aromatic ring is 1. The highest BCUT2D eigenvalue weighted by atomic mass is 19.4. The maximum atomic E-state index is 13.1. The summed E-state index contributed by atoms with van der Waals surface area (Å²) in [5.74, 6) is -0.268. The van der Waals surface area contributed by atoms with E-state index < -0.39 is 29.5 Å². The quantitative estimate of drug-likeness (QED) is 0.320. The van der Waals surface area contributed by atoms with Gasteiger partial charge in [-0.1, -0.05) is 5.10 Å². The molecule has 0 aliphatic carbocycles. The Balaban J connectivity index is 1.98. The Kier molecular flexibility index (Phi) is 5.97. The molecule has 2 heterocycles. The van der Waals surface area contributed by atoms with Crippen LogP contribution >= 0.6 is 0 Å². The van der Waals surface area contributed by atoms with E-state index in [0.717, 1.165) is 22.9 Å². The van der Waals surface area contributed by atoms with Crippen LogP contribution in [0.4, 0.5) is 24.8 Å². The number of nitrogens with two attached hydrogens (primary N) is 1. The van der Waals surface area contributed by atoms with E-state index in [4.69, 9.17) is 11.1 Å². The van der Waals surface area contributed by atoms with Crippen LogP contribution in [0.3, 0.4) is 0 Å². The van der Waals surface area contributed by atoms with Gasteiger partial charge in [-0.15, -0.1) is 4.68 Å². The van der Waals surface area contributed by atoms with Gasteiger partial charge in [-0.05, 0) is 38.1 Å². The number of anilines is 2. The number of carbonyl (C=O) groups excluding carboxylic acids is 1. The first kappa shape index (κ1) is 22.8. The first-order valence-electron chi connectivity index (χ1n) is 9.55. The largest absolute Gasteiger partial charge is 0.416 e. The predicted molar refractivity (Wildman–Crippen MR) is 111 cm³/mol. The topological polar surface area (TPSA) is 131 Å². The first-order valence-corrected chi connectivity index (χ1v) is 9.55.